The first-order chi connectivity index (χ1) is 10.2. The highest BCUT2D eigenvalue weighted by atomic mass is 127. The third kappa shape index (κ3) is 4.50. The number of halogens is 3. The fraction of sp³-hybridized carbons (Fsp3) is 0.308. The lowest BCUT2D eigenvalue weighted by molar-refractivity contribution is -0.124. The number of rotatable bonds is 4. The molecule has 0 aromatic heterocycles. The molecule has 2 amide bonds. The summed E-state index contributed by atoms with van der Waals surface area (Å²) in [6.07, 6.45) is 0. The fourth-order valence-corrected chi connectivity index (χ4v) is 6.01. The highest BCUT2D eigenvalue weighted by Crippen LogP contribution is 2.35. The minimum atomic E-state index is -0.604. The molecule has 1 N–H and O–H groups in total. The van der Waals surface area contributed by atoms with Gasteiger partial charge in [-0.3, -0.25) is 9.59 Å². The number of nitrogens with zero attached hydrogens (tertiary/aromatic N) is 1. The SMILES string of the molecule is CC(=O)N(C(C)=O)c1c(I)cc(I)c(C(=O)OCCO)c1I. The molecule has 0 aliphatic rings. The summed E-state index contributed by atoms with van der Waals surface area (Å²) in [6, 6.07) is 1.70. The number of benzene rings is 1. The molecule has 0 bridgehead atoms. The molecular weight excluding hydrogens is 631 g/mol. The van der Waals surface area contributed by atoms with Crippen LogP contribution in [0.2, 0.25) is 0 Å². The molecule has 1 aromatic rings. The number of aliphatic hydroxyl groups is 1. The van der Waals surface area contributed by atoms with Crippen molar-refractivity contribution in [3.05, 3.63) is 22.3 Å². The first kappa shape index (κ1) is 20.0. The lowest BCUT2D eigenvalue weighted by atomic mass is 10.2. The number of anilines is 1. The molecule has 0 atom stereocenters. The highest BCUT2D eigenvalue weighted by molar-refractivity contribution is 14.1. The second-order valence-electron chi connectivity index (χ2n) is 4.11. The largest absolute Gasteiger partial charge is 0.460 e. The van der Waals surface area contributed by atoms with Gasteiger partial charge in [-0.2, -0.15) is 0 Å². The number of imide groups is 1. The highest BCUT2D eigenvalue weighted by Gasteiger charge is 2.27. The Morgan fingerprint density at radius 2 is 1.68 bits per heavy atom. The van der Waals surface area contributed by atoms with Gasteiger partial charge in [-0.25, -0.2) is 9.69 Å². The van der Waals surface area contributed by atoms with Crippen LogP contribution < -0.4 is 4.90 Å². The summed E-state index contributed by atoms with van der Waals surface area (Å²) < 4.78 is 6.73. The standard InChI is InChI=1S/C13H12I3NO5/c1-6(19)17(7(2)20)12-9(15)5-8(14)10(11(12)16)13(21)22-4-3-18/h5,18H,3-4H2,1-2H3. The summed E-state index contributed by atoms with van der Waals surface area (Å²) >= 11 is 5.93. The van der Waals surface area contributed by atoms with Crippen molar-refractivity contribution in [3.63, 3.8) is 0 Å². The number of aliphatic hydroxyl groups excluding tert-OH is 1. The molecule has 22 heavy (non-hydrogen) atoms. The fourth-order valence-electron chi connectivity index (χ4n) is 1.72. The number of carbonyl (C=O) groups excluding carboxylic acids is 3. The number of hydrogen-bond acceptors (Lipinski definition) is 5. The molecular formula is C13H12I3NO5. The van der Waals surface area contributed by atoms with E-state index in [9.17, 15) is 14.4 Å². The number of hydrogen-bond donors (Lipinski definition) is 1. The van der Waals surface area contributed by atoms with Crippen LogP contribution in [0.4, 0.5) is 5.69 Å². The molecule has 0 saturated carbocycles. The predicted octanol–water partition coefficient (Wildman–Crippen LogP) is 2.55. The molecule has 0 saturated heterocycles. The Hall–Kier alpha value is -0.0200. The first-order valence-electron chi connectivity index (χ1n) is 5.99. The molecule has 0 heterocycles. The topological polar surface area (TPSA) is 83.9 Å². The van der Waals surface area contributed by atoms with Crippen LogP contribution in [-0.4, -0.2) is 36.1 Å². The first-order valence-corrected chi connectivity index (χ1v) is 9.22. The van der Waals surface area contributed by atoms with E-state index >= 15 is 0 Å². The van der Waals surface area contributed by atoms with Crippen LogP contribution in [0.25, 0.3) is 0 Å². The van der Waals surface area contributed by atoms with Crippen LogP contribution in [0.15, 0.2) is 6.07 Å². The second-order valence-corrected chi connectivity index (χ2v) is 7.51. The van der Waals surface area contributed by atoms with Crippen LogP contribution >= 0.6 is 67.8 Å². The quantitative estimate of drug-likeness (QED) is 0.404. The molecule has 0 unspecified atom stereocenters. The van der Waals surface area contributed by atoms with Gasteiger partial charge in [-0.05, 0) is 73.8 Å². The molecule has 9 heteroatoms. The Morgan fingerprint density at radius 3 is 2.14 bits per heavy atom. The molecule has 6 nitrogen and oxygen atoms in total. The van der Waals surface area contributed by atoms with E-state index < -0.39 is 17.8 Å². The number of esters is 1. The van der Waals surface area contributed by atoms with Crippen molar-refractivity contribution in [2.75, 3.05) is 18.1 Å². The van der Waals surface area contributed by atoms with Gasteiger partial charge in [0.05, 0.1) is 21.4 Å². The van der Waals surface area contributed by atoms with Gasteiger partial charge in [0.25, 0.3) is 0 Å². The zero-order valence-electron chi connectivity index (χ0n) is 11.7. The van der Waals surface area contributed by atoms with Gasteiger partial charge in [-0.15, -0.1) is 0 Å². The zero-order chi connectivity index (χ0) is 17.0. The molecule has 1 rings (SSSR count). The maximum absolute atomic E-state index is 12.1. The molecule has 0 aliphatic carbocycles. The maximum atomic E-state index is 12.1. The van der Waals surface area contributed by atoms with Crippen LogP contribution in [0.5, 0.6) is 0 Å². The van der Waals surface area contributed by atoms with Gasteiger partial charge >= 0.3 is 5.97 Å². The summed E-state index contributed by atoms with van der Waals surface area (Å²) in [7, 11) is 0. The van der Waals surface area contributed by atoms with Crippen LogP contribution in [0.1, 0.15) is 24.2 Å². The molecule has 0 radical (unpaired) electrons. The van der Waals surface area contributed by atoms with Crippen molar-refractivity contribution in [2.45, 2.75) is 13.8 Å². The molecule has 1 aromatic carbocycles. The minimum Gasteiger partial charge on any atom is -0.460 e. The van der Waals surface area contributed by atoms with Gasteiger partial charge in [0.15, 0.2) is 0 Å². The van der Waals surface area contributed by atoms with E-state index in [1.54, 1.807) is 6.07 Å². The van der Waals surface area contributed by atoms with Crippen molar-refractivity contribution >= 4 is 91.2 Å². The second kappa shape index (κ2) is 8.73. The molecule has 0 fully saturated rings. The average molecular weight is 643 g/mol. The smallest absolute Gasteiger partial charge is 0.340 e. The summed E-state index contributed by atoms with van der Waals surface area (Å²) in [6.45, 7) is 2.18. The van der Waals surface area contributed by atoms with Crippen LogP contribution in [0, 0.1) is 10.7 Å². The lowest BCUT2D eigenvalue weighted by Crippen LogP contribution is -2.35. The van der Waals surface area contributed by atoms with Gasteiger partial charge in [0.1, 0.15) is 6.61 Å². The molecule has 120 valence electrons. The van der Waals surface area contributed by atoms with E-state index in [1.807, 2.05) is 67.8 Å². The number of carbonyl (C=O) groups is 3. The summed E-state index contributed by atoms with van der Waals surface area (Å²) in [5, 5.41) is 8.75. The predicted molar refractivity (Wildman–Crippen MR) is 106 cm³/mol. The van der Waals surface area contributed by atoms with E-state index in [0.717, 1.165) is 4.90 Å². The molecule has 0 spiro atoms. The summed E-state index contributed by atoms with van der Waals surface area (Å²) in [5.41, 5.74) is 0.648. The average Bonchev–Trinajstić information content (AvgIpc) is 2.39. The van der Waals surface area contributed by atoms with Gasteiger partial charge in [0.2, 0.25) is 11.8 Å². The van der Waals surface area contributed by atoms with E-state index in [2.05, 4.69) is 0 Å². The van der Waals surface area contributed by atoms with Gasteiger partial charge in [0, 0.05) is 21.0 Å². The summed E-state index contributed by atoms with van der Waals surface area (Å²) in [4.78, 5) is 36.7. The van der Waals surface area contributed by atoms with E-state index in [-0.39, 0.29) is 18.8 Å². The maximum Gasteiger partial charge on any atom is 0.340 e. The number of ether oxygens (including phenoxy) is 1. The van der Waals surface area contributed by atoms with Crippen LogP contribution in [0.3, 0.4) is 0 Å². The Labute approximate surface area is 168 Å². The van der Waals surface area contributed by atoms with Crippen molar-refractivity contribution in [2.24, 2.45) is 0 Å². The van der Waals surface area contributed by atoms with Crippen molar-refractivity contribution in [3.8, 4) is 0 Å². The number of amides is 2. The van der Waals surface area contributed by atoms with Gasteiger partial charge < -0.3 is 9.84 Å². The zero-order valence-corrected chi connectivity index (χ0v) is 18.1. The molecule has 0 aliphatic heterocycles. The lowest BCUT2D eigenvalue weighted by Gasteiger charge is -2.22. The third-order valence-corrected chi connectivity index (χ3v) is 5.25. The Bertz CT molecular complexity index is 619. The summed E-state index contributed by atoms with van der Waals surface area (Å²) in [5.74, 6) is -1.47. The Balaban J connectivity index is 3.51. The Morgan fingerprint density at radius 1 is 1.14 bits per heavy atom. The monoisotopic (exact) mass is 643 g/mol. The van der Waals surface area contributed by atoms with E-state index in [0.29, 0.717) is 16.4 Å². The van der Waals surface area contributed by atoms with Crippen molar-refractivity contribution in [1.29, 1.82) is 0 Å². The minimum absolute atomic E-state index is 0.116. The Kier molecular flexibility index (Phi) is 7.94. The van der Waals surface area contributed by atoms with Crippen LogP contribution in [-0.2, 0) is 14.3 Å². The van der Waals surface area contributed by atoms with Crippen molar-refractivity contribution in [1.82, 2.24) is 0 Å². The van der Waals surface area contributed by atoms with Gasteiger partial charge in [-0.1, -0.05) is 0 Å². The van der Waals surface area contributed by atoms with Crippen molar-refractivity contribution < 1.29 is 24.2 Å². The van der Waals surface area contributed by atoms with E-state index in [4.69, 9.17) is 9.84 Å². The normalized spacial score (nSPS) is 10.3. The van der Waals surface area contributed by atoms with E-state index in [1.165, 1.54) is 13.8 Å². The third-order valence-electron chi connectivity index (χ3n) is 2.53.